The zero-order valence-electron chi connectivity index (χ0n) is 11.6. The van der Waals surface area contributed by atoms with Crippen LogP contribution >= 0.6 is 15.9 Å². The smallest absolute Gasteiger partial charge is 0.106 e. The van der Waals surface area contributed by atoms with Crippen LogP contribution in [-0.2, 0) is 6.54 Å². The highest BCUT2D eigenvalue weighted by Crippen LogP contribution is 2.22. The molecule has 3 aromatic rings. The van der Waals surface area contributed by atoms with Gasteiger partial charge in [0.2, 0.25) is 0 Å². The molecule has 0 atom stereocenters. The molecule has 0 bridgehead atoms. The van der Waals surface area contributed by atoms with Crippen LogP contribution in [-0.4, -0.2) is 15.2 Å². The molecule has 0 amide bonds. The number of aromatic amines is 1. The van der Waals surface area contributed by atoms with Crippen molar-refractivity contribution < 1.29 is 0 Å². The fourth-order valence-corrected chi connectivity index (χ4v) is 2.61. The molecule has 0 fully saturated rings. The molecule has 106 valence electrons. The summed E-state index contributed by atoms with van der Waals surface area (Å²) in [5, 5.41) is 10.6. The first-order valence-corrected chi connectivity index (χ1v) is 7.48. The maximum atomic E-state index is 4.38. The van der Waals surface area contributed by atoms with Crippen LogP contribution in [0.25, 0.3) is 11.3 Å². The highest BCUT2D eigenvalue weighted by molar-refractivity contribution is 9.10. The minimum absolute atomic E-state index is 0.699. The molecule has 0 saturated carbocycles. The van der Waals surface area contributed by atoms with Gasteiger partial charge >= 0.3 is 0 Å². The number of hydrogen-bond acceptors (Lipinski definition) is 3. The van der Waals surface area contributed by atoms with Gasteiger partial charge in [0.15, 0.2) is 0 Å². The standard InChI is InChI=1S/C16H15BrN4/c1-11-14(7-8-15(17)20-11)18-9-13-10-19-21-16(13)12-5-3-2-4-6-12/h2-8,10,18H,9H2,1H3,(H,19,21). The van der Waals surface area contributed by atoms with Crippen molar-refractivity contribution in [2.45, 2.75) is 13.5 Å². The van der Waals surface area contributed by atoms with E-state index in [1.165, 1.54) is 0 Å². The lowest BCUT2D eigenvalue weighted by molar-refractivity contribution is 1.09. The van der Waals surface area contributed by atoms with Crippen LogP contribution in [0.2, 0.25) is 0 Å². The van der Waals surface area contributed by atoms with Crippen molar-refractivity contribution in [3.63, 3.8) is 0 Å². The molecule has 0 radical (unpaired) electrons. The lowest BCUT2D eigenvalue weighted by Gasteiger charge is -2.09. The van der Waals surface area contributed by atoms with Crippen molar-refractivity contribution in [1.82, 2.24) is 15.2 Å². The van der Waals surface area contributed by atoms with E-state index in [9.17, 15) is 0 Å². The molecule has 3 rings (SSSR count). The summed E-state index contributed by atoms with van der Waals surface area (Å²) in [6.45, 7) is 2.69. The Morgan fingerprint density at radius 1 is 1.14 bits per heavy atom. The molecule has 2 heterocycles. The number of benzene rings is 1. The predicted molar refractivity (Wildman–Crippen MR) is 88.0 cm³/mol. The van der Waals surface area contributed by atoms with Gasteiger partial charge in [0.1, 0.15) is 4.60 Å². The molecule has 5 heteroatoms. The SMILES string of the molecule is Cc1nc(Br)ccc1NCc1cn[nH]c1-c1ccccc1. The summed E-state index contributed by atoms with van der Waals surface area (Å²) in [6.07, 6.45) is 1.86. The van der Waals surface area contributed by atoms with E-state index in [0.29, 0.717) is 6.54 Å². The molecule has 1 aromatic carbocycles. The molecule has 0 unspecified atom stereocenters. The van der Waals surface area contributed by atoms with Gasteiger partial charge in [-0.05, 0) is 40.5 Å². The van der Waals surface area contributed by atoms with Gasteiger partial charge in [0, 0.05) is 12.1 Å². The van der Waals surface area contributed by atoms with E-state index in [-0.39, 0.29) is 0 Å². The second-order valence-corrected chi connectivity index (χ2v) is 5.57. The molecule has 2 aromatic heterocycles. The summed E-state index contributed by atoms with van der Waals surface area (Å²) >= 11 is 3.37. The van der Waals surface area contributed by atoms with Gasteiger partial charge in [-0.1, -0.05) is 30.3 Å². The fraction of sp³-hybridized carbons (Fsp3) is 0.125. The molecule has 2 N–H and O–H groups in total. The Hall–Kier alpha value is -2.14. The molecular weight excluding hydrogens is 328 g/mol. The third-order valence-corrected chi connectivity index (χ3v) is 3.74. The molecule has 0 saturated heterocycles. The summed E-state index contributed by atoms with van der Waals surface area (Å²) < 4.78 is 0.846. The maximum Gasteiger partial charge on any atom is 0.106 e. The third-order valence-electron chi connectivity index (χ3n) is 3.30. The summed E-state index contributed by atoms with van der Waals surface area (Å²) in [6, 6.07) is 14.2. The highest BCUT2D eigenvalue weighted by Gasteiger charge is 2.08. The second-order valence-electron chi connectivity index (χ2n) is 4.76. The van der Waals surface area contributed by atoms with Crippen LogP contribution in [0.5, 0.6) is 0 Å². The Morgan fingerprint density at radius 2 is 1.95 bits per heavy atom. The van der Waals surface area contributed by atoms with Crippen molar-refractivity contribution in [2.24, 2.45) is 0 Å². The summed E-state index contributed by atoms with van der Waals surface area (Å²) in [7, 11) is 0. The van der Waals surface area contributed by atoms with Crippen molar-refractivity contribution in [1.29, 1.82) is 0 Å². The van der Waals surface area contributed by atoms with E-state index in [4.69, 9.17) is 0 Å². The number of rotatable bonds is 4. The minimum atomic E-state index is 0.699. The number of aryl methyl sites for hydroxylation is 1. The van der Waals surface area contributed by atoms with Crippen molar-refractivity contribution in [3.05, 3.63) is 64.5 Å². The number of nitrogens with one attached hydrogen (secondary N) is 2. The fourth-order valence-electron chi connectivity index (χ4n) is 2.21. The zero-order valence-corrected chi connectivity index (χ0v) is 13.2. The number of aromatic nitrogens is 3. The monoisotopic (exact) mass is 342 g/mol. The number of H-pyrrole nitrogens is 1. The Morgan fingerprint density at radius 3 is 2.71 bits per heavy atom. The first-order valence-electron chi connectivity index (χ1n) is 6.69. The van der Waals surface area contributed by atoms with Gasteiger partial charge in [-0.3, -0.25) is 5.10 Å². The minimum Gasteiger partial charge on any atom is -0.379 e. The maximum absolute atomic E-state index is 4.38. The zero-order chi connectivity index (χ0) is 14.7. The Kier molecular flexibility index (Phi) is 4.01. The number of nitrogens with zero attached hydrogens (tertiary/aromatic N) is 2. The molecule has 4 nitrogen and oxygen atoms in total. The van der Waals surface area contributed by atoms with E-state index in [2.05, 4.69) is 48.6 Å². The number of pyridine rings is 1. The summed E-state index contributed by atoms with van der Waals surface area (Å²) in [5.74, 6) is 0. The van der Waals surface area contributed by atoms with Crippen LogP contribution in [0.4, 0.5) is 5.69 Å². The first-order chi connectivity index (χ1) is 10.2. The average Bonchev–Trinajstić information content (AvgIpc) is 2.96. The number of anilines is 1. The van der Waals surface area contributed by atoms with Crippen LogP contribution in [0.1, 0.15) is 11.3 Å². The van der Waals surface area contributed by atoms with Gasteiger partial charge in [0.05, 0.1) is 23.3 Å². The van der Waals surface area contributed by atoms with Gasteiger partial charge in [-0.2, -0.15) is 5.10 Å². The van der Waals surface area contributed by atoms with Crippen molar-refractivity contribution >= 4 is 21.6 Å². The van der Waals surface area contributed by atoms with Gasteiger partial charge in [-0.25, -0.2) is 4.98 Å². The molecular formula is C16H15BrN4. The molecule has 0 aliphatic heterocycles. The Balaban J connectivity index is 1.79. The van der Waals surface area contributed by atoms with Crippen molar-refractivity contribution in [3.8, 4) is 11.3 Å². The highest BCUT2D eigenvalue weighted by atomic mass is 79.9. The summed E-state index contributed by atoms with van der Waals surface area (Å²) in [5.41, 5.74) is 5.30. The third kappa shape index (κ3) is 3.13. The van der Waals surface area contributed by atoms with Crippen LogP contribution in [0.3, 0.4) is 0 Å². The van der Waals surface area contributed by atoms with Crippen molar-refractivity contribution in [2.75, 3.05) is 5.32 Å². The van der Waals surface area contributed by atoms with E-state index >= 15 is 0 Å². The van der Waals surface area contributed by atoms with Crippen LogP contribution < -0.4 is 5.32 Å². The van der Waals surface area contributed by atoms with E-state index in [1.807, 2.05) is 43.5 Å². The normalized spacial score (nSPS) is 10.6. The van der Waals surface area contributed by atoms with Gasteiger partial charge in [-0.15, -0.1) is 0 Å². The predicted octanol–water partition coefficient (Wildman–Crippen LogP) is 4.15. The largest absolute Gasteiger partial charge is 0.379 e. The average molecular weight is 343 g/mol. The van der Waals surface area contributed by atoms with Gasteiger partial charge in [0.25, 0.3) is 0 Å². The molecule has 0 spiro atoms. The lowest BCUT2D eigenvalue weighted by atomic mass is 10.1. The van der Waals surface area contributed by atoms with E-state index in [0.717, 1.165) is 32.8 Å². The van der Waals surface area contributed by atoms with E-state index in [1.54, 1.807) is 0 Å². The quantitative estimate of drug-likeness (QED) is 0.700. The molecule has 0 aliphatic carbocycles. The van der Waals surface area contributed by atoms with Gasteiger partial charge < -0.3 is 5.32 Å². The van der Waals surface area contributed by atoms with Crippen LogP contribution in [0.15, 0.2) is 53.3 Å². The second kappa shape index (κ2) is 6.10. The lowest BCUT2D eigenvalue weighted by Crippen LogP contribution is -2.02. The number of halogens is 1. The Bertz CT molecular complexity index is 737. The molecule has 21 heavy (non-hydrogen) atoms. The summed E-state index contributed by atoms with van der Waals surface area (Å²) in [4.78, 5) is 4.38. The Labute approximate surface area is 131 Å². The first kappa shape index (κ1) is 13.8. The topological polar surface area (TPSA) is 53.6 Å². The molecule has 0 aliphatic rings. The van der Waals surface area contributed by atoms with E-state index < -0.39 is 0 Å². The van der Waals surface area contributed by atoms with Crippen LogP contribution in [0, 0.1) is 6.92 Å². The number of hydrogen-bond donors (Lipinski definition) is 2.